The third-order valence-electron chi connectivity index (χ3n) is 4.13. The van der Waals surface area contributed by atoms with E-state index in [-0.39, 0.29) is 5.91 Å². The second-order valence-corrected chi connectivity index (χ2v) is 5.95. The van der Waals surface area contributed by atoms with E-state index in [1.807, 2.05) is 38.1 Å². The van der Waals surface area contributed by atoms with Crippen LogP contribution in [0.1, 0.15) is 27.2 Å². The predicted molar refractivity (Wildman–Crippen MR) is 103 cm³/mol. The van der Waals surface area contributed by atoms with Gasteiger partial charge < -0.3 is 10.6 Å². The number of rotatable bonds is 4. The Balaban J connectivity index is 1.71. The first-order valence-corrected chi connectivity index (χ1v) is 8.17. The van der Waals surface area contributed by atoms with Crippen LogP contribution in [-0.4, -0.2) is 10.9 Å². The number of nitrogens with zero attached hydrogens (tertiary/aromatic N) is 2. The van der Waals surface area contributed by atoms with Crippen molar-refractivity contribution in [3.05, 3.63) is 83.2 Å². The molecule has 0 aliphatic carbocycles. The number of hydrogen-bond acceptors (Lipinski definition) is 4. The normalized spacial score (nSPS) is 10.0. The van der Waals surface area contributed by atoms with Gasteiger partial charge >= 0.3 is 0 Å². The minimum absolute atomic E-state index is 0.253. The van der Waals surface area contributed by atoms with Crippen molar-refractivity contribution < 1.29 is 4.79 Å². The zero-order chi connectivity index (χ0) is 18.5. The Hall–Kier alpha value is -3.65. The maximum atomic E-state index is 12.4. The first kappa shape index (κ1) is 17.2. The Kier molecular flexibility index (Phi) is 4.95. The average molecular weight is 342 g/mol. The monoisotopic (exact) mass is 342 g/mol. The number of nitriles is 1. The van der Waals surface area contributed by atoms with Gasteiger partial charge in [-0.3, -0.25) is 4.79 Å². The van der Waals surface area contributed by atoms with Gasteiger partial charge in [0.05, 0.1) is 23.5 Å². The Bertz CT molecular complexity index is 988. The van der Waals surface area contributed by atoms with Gasteiger partial charge in [0.2, 0.25) is 0 Å². The summed E-state index contributed by atoms with van der Waals surface area (Å²) in [5, 5.41) is 15.0. The summed E-state index contributed by atoms with van der Waals surface area (Å²) in [5.74, 6) is -0.253. The summed E-state index contributed by atoms with van der Waals surface area (Å²) in [6, 6.07) is 18.5. The van der Waals surface area contributed by atoms with Crippen LogP contribution in [0.15, 0.2) is 60.8 Å². The van der Waals surface area contributed by atoms with E-state index >= 15 is 0 Å². The zero-order valence-electron chi connectivity index (χ0n) is 14.6. The van der Waals surface area contributed by atoms with Crippen molar-refractivity contribution in [3.63, 3.8) is 0 Å². The van der Waals surface area contributed by atoms with Gasteiger partial charge in [-0.1, -0.05) is 18.2 Å². The molecule has 3 aromatic rings. The van der Waals surface area contributed by atoms with E-state index in [0.717, 1.165) is 28.2 Å². The molecule has 1 aromatic heterocycles. The quantitative estimate of drug-likeness (QED) is 0.728. The van der Waals surface area contributed by atoms with Gasteiger partial charge in [0.25, 0.3) is 5.91 Å². The van der Waals surface area contributed by atoms with Crippen LogP contribution in [0.3, 0.4) is 0 Å². The predicted octanol–water partition coefficient (Wildman–Crippen LogP) is 4.57. The van der Waals surface area contributed by atoms with Gasteiger partial charge in [-0.25, -0.2) is 4.98 Å². The number of benzene rings is 2. The Morgan fingerprint density at radius 1 is 1.04 bits per heavy atom. The molecule has 0 aliphatic heterocycles. The minimum Gasteiger partial charge on any atom is -0.354 e. The molecule has 5 nitrogen and oxygen atoms in total. The maximum Gasteiger partial charge on any atom is 0.274 e. The molecule has 1 heterocycles. The van der Waals surface area contributed by atoms with Crippen molar-refractivity contribution in [2.75, 3.05) is 10.6 Å². The molecule has 0 fully saturated rings. The molecule has 0 aliphatic rings. The Morgan fingerprint density at radius 2 is 1.85 bits per heavy atom. The fraction of sp³-hybridized carbons (Fsp3) is 0.0952. The van der Waals surface area contributed by atoms with E-state index in [1.54, 1.807) is 36.5 Å². The zero-order valence-corrected chi connectivity index (χ0v) is 14.6. The largest absolute Gasteiger partial charge is 0.354 e. The van der Waals surface area contributed by atoms with Crippen LogP contribution in [0.25, 0.3) is 0 Å². The first-order chi connectivity index (χ1) is 12.6. The molecule has 0 saturated heterocycles. The van der Waals surface area contributed by atoms with Crippen LogP contribution < -0.4 is 10.6 Å². The fourth-order valence-corrected chi connectivity index (χ4v) is 2.51. The van der Waals surface area contributed by atoms with Crippen LogP contribution in [0.2, 0.25) is 0 Å². The number of anilines is 3. The number of hydrogen-bond donors (Lipinski definition) is 2. The van der Waals surface area contributed by atoms with Gasteiger partial charge in [0.1, 0.15) is 5.69 Å². The van der Waals surface area contributed by atoms with Crippen molar-refractivity contribution in [3.8, 4) is 6.07 Å². The summed E-state index contributed by atoms with van der Waals surface area (Å²) >= 11 is 0. The van der Waals surface area contributed by atoms with Crippen molar-refractivity contribution in [2.24, 2.45) is 0 Å². The number of carbonyl (C=O) groups is 1. The summed E-state index contributed by atoms with van der Waals surface area (Å²) in [6.07, 6.45) is 1.59. The lowest BCUT2D eigenvalue weighted by atomic mass is 10.1. The van der Waals surface area contributed by atoms with E-state index in [1.165, 1.54) is 0 Å². The van der Waals surface area contributed by atoms with Gasteiger partial charge in [0.15, 0.2) is 0 Å². The van der Waals surface area contributed by atoms with E-state index < -0.39 is 0 Å². The molecule has 0 atom stereocenters. The molecule has 0 saturated carbocycles. The highest BCUT2D eigenvalue weighted by Crippen LogP contribution is 2.20. The lowest BCUT2D eigenvalue weighted by Gasteiger charge is -2.10. The summed E-state index contributed by atoms with van der Waals surface area (Å²) in [4.78, 5) is 16.6. The number of aryl methyl sites for hydroxylation is 1. The van der Waals surface area contributed by atoms with Crippen LogP contribution in [0, 0.1) is 25.2 Å². The third kappa shape index (κ3) is 3.87. The van der Waals surface area contributed by atoms with Gasteiger partial charge in [-0.15, -0.1) is 0 Å². The molecule has 128 valence electrons. The third-order valence-corrected chi connectivity index (χ3v) is 4.13. The molecule has 2 N–H and O–H groups in total. The molecule has 0 radical (unpaired) electrons. The second kappa shape index (κ2) is 7.49. The maximum absolute atomic E-state index is 12.4. The summed E-state index contributed by atoms with van der Waals surface area (Å²) in [5.41, 5.74) is 5.38. The van der Waals surface area contributed by atoms with Crippen molar-refractivity contribution in [1.29, 1.82) is 5.26 Å². The van der Waals surface area contributed by atoms with Gasteiger partial charge in [-0.2, -0.15) is 5.26 Å². The van der Waals surface area contributed by atoms with E-state index in [2.05, 4.69) is 21.7 Å². The molecule has 2 aromatic carbocycles. The van der Waals surface area contributed by atoms with Crippen molar-refractivity contribution in [2.45, 2.75) is 13.8 Å². The highest BCUT2D eigenvalue weighted by molar-refractivity contribution is 6.03. The lowest BCUT2D eigenvalue weighted by Crippen LogP contribution is -2.14. The molecular weight excluding hydrogens is 324 g/mol. The summed E-state index contributed by atoms with van der Waals surface area (Å²) < 4.78 is 0. The van der Waals surface area contributed by atoms with E-state index in [4.69, 9.17) is 5.26 Å². The molecule has 5 heteroatoms. The number of amides is 1. The lowest BCUT2D eigenvalue weighted by molar-refractivity contribution is 0.102. The highest BCUT2D eigenvalue weighted by Gasteiger charge is 2.10. The standard InChI is InChI=1S/C21H18N4O/c1-14-5-3-8-19(15(14)2)25-21(26)20-10-9-18(13-23-20)24-17-7-4-6-16(11-17)12-22/h3-11,13,24H,1-2H3,(H,25,26). The molecule has 1 amide bonds. The van der Waals surface area contributed by atoms with E-state index in [0.29, 0.717) is 11.3 Å². The number of pyridine rings is 1. The van der Waals surface area contributed by atoms with Gasteiger partial charge in [0, 0.05) is 11.4 Å². The topological polar surface area (TPSA) is 77.8 Å². The molecule has 0 unspecified atom stereocenters. The Labute approximate surface area is 152 Å². The molecule has 0 bridgehead atoms. The molecule has 26 heavy (non-hydrogen) atoms. The summed E-state index contributed by atoms with van der Waals surface area (Å²) in [7, 11) is 0. The van der Waals surface area contributed by atoms with E-state index in [9.17, 15) is 4.79 Å². The smallest absolute Gasteiger partial charge is 0.274 e. The van der Waals surface area contributed by atoms with Crippen molar-refractivity contribution in [1.82, 2.24) is 4.98 Å². The van der Waals surface area contributed by atoms with Crippen LogP contribution in [-0.2, 0) is 0 Å². The fourth-order valence-electron chi connectivity index (χ4n) is 2.51. The van der Waals surface area contributed by atoms with Crippen LogP contribution >= 0.6 is 0 Å². The minimum atomic E-state index is -0.253. The number of carbonyl (C=O) groups excluding carboxylic acids is 1. The highest BCUT2D eigenvalue weighted by atomic mass is 16.1. The molecule has 0 spiro atoms. The molecular formula is C21H18N4O. The van der Waals surface area contributed by atoms with Crippen molar-refractivity contribution >= 4 is 23.0 Å². The van der Waals surface area contributed by atoms with Crippen LogP contribution in [0.5, 0.6) is 0 Å². The van der Waals surface area contributed by atoms with Gasteiger partial charge in [-0.05, 0) is 61.4 Å². The second-order valence-electron chi connectivity index (χ2n) is 5.95. The Morgan fingerprint density at radius 3 is 2.58 bits per heavy atom. The first-order valence-electron chi connectivity index (χ1n) is 8.17. The SMILES string of the molecule is Cc1cccc(NC(=O)c2ccc(Nc3cccc(C#N)c3)cn2)c1C. The molecule has 3 rings (SSSR count). The average Bonchev–Trinajstić information content (AvgIpc) is 2.66. The number of aromatic nitrogens is 1. The summed E-state index contributed by atoms with van der Waals surface area (Å²) in [6.45, 7) is 3.98. The van der Waals surface area contributed by atoms with Crippen LogP contribution in [0.4, 0.5) is 17.1 Å². The number of nitrogens with one attached hydrogen (secondary N) is 2.